The molecule has 188 valence electrons. The second-order valence-corrected chi connectivity index (χ2v) is 11.9. The average molecular weight is 550 g/mol. The van der Waals surface area contributed by atoms with Gasteiger partial charge < -0.3 is 10.4 Å². The minimum Gasteiger partial charge on any atom is -0.391 e. The van der Waals surface area contributed by atoms with Crippen LogP contribution in [0.3, 0.4) is 0 Å². The minimum atomic E-state index is -3.63. The van der Waals surface area contributed by atoms with Crippen LogP contribution in [0.25, 0.3) is 17.3 Å². The van der Waals surface area contributed by atoms with Crippen molar-refractivity contribution in [1.29, 1.82) is 0 Å². The lowest BCUT2D eigenvalue weighted by molar-refractivity contribution is 0.0867. The number of carbonyl (C=O) groups is 1. The smallest absolute Gasteiger partial charge is 0.272 e. The van der Waals surface area contributed by atoms with Crippen LogP contribution in [0.5, 0.6) is 0 Å². The Morgan fingerprint density at radius 3 is 2.56 bits per heavy atom. The first-order valence-corrected chi connectivity index (χ1v) is 13.9. The Kier molecular flexibility index (Phi) is 6.67. The van der Waals surface area contributed by atoms with Gasteiger partial charge in [0.15, 0.2) is 15.5 Å². The molecule has 0 spiro atoms. The van der Waals surface area contributed by atoms with Crippen LogP contribution in [-0.4, -0.2) is 47.1 Å². The van der Waals surface area contributed by atoms with Gasteiger partial charge in [0.25, 0.3) is 5.91 Å². The van der Waals surface area contributed by atoms with Crippen molar-refractivity contribution in [3.8, 4) is 5.69 Å². The number of halogens is 3. The van der Waals surface area contributed by atoms with Crippen LogP contribution in [0.4, 0.5) is 4.39 Å². The van der Waals surface area contributed by atoms with Crippen molar-refractivity contribution in [1.82, 2.24) is 15.1 Å². The molecule has 11 heteroatoms. The van der Waals surface area contributed by atoms with Crippen LogP contribution in [0.1, 0.15) is 46.6 Å². The highest BCUT2D eigenvalue weighted by Crippen LogP contribution is 2.37. The molecule has 0 radical (unpaired) electrons. The Bertz CT molecular complexity index is 1490. The number of nitrogens with one attached hydrogen (secondary N) is 1. The van der Waals surface area contributed by atoms with Crippen LogP contribution in [0, 0.1) is 5.82 Å². The third-order valence-electron chi connectivity index (χ3n) is 6.39. The number of aliphatic hydroxyl groups is 1. The molecule has 2 N–H and O–H groups in total. The third kappa shape index (κ3) is 4.93. The number of sulfone groups is 1. The van der Waals surface area contributed by atoms with Crippen molar-refractivity contribution in [2.24, 2.45) is 0 Å². The van der Waals surface area contributed by atoms with Crippen molar-refractivity contribution < 1.29 is 22.7 Å². The number of carbonyl (C=O) groups excluding carboxylic acids is 1. The zero-order valence-electron chi connectivity index (χ0n) is 18.9. The maximum absolute atomic E-state index is 13.5. The maximum Gasteiger partial charge on any atom is 0.272 e. The molecular formula is C25H22Cl2FN3O4S. The van der Waals surface area contributed by atoms with Crippen molar-refractivity contribution in [2.75, 3.05) is 5.75 Å². The fourth-order valence-corrected chi connectivity index (χ4v) is 6.72. The number of rotatable bonds is 4. The quantitative estimate of drug-likeness (QED) is 0.501. The Hall–Kier alpha value is -2.72. The lowest BCUT2D eigenvalue weighted by Gasteiger charge is -2.20. The van der Waals surface area contributed by atoms with Crippen molar-refractivity contribution in [3.63, 3.8) is 0 Å². The van der Waals surface area contributed by atoms with Gasteiger partial charge in [0.05, 0.1) is 40.1 Å². The van der Waals surface area contributed by atoms with Gasteiger partial charge in [0.2, 0.25) is 0 Å². The van der Waals surface area contributed by atoms with Crippen LogP contribution in [0.15, 0.2) is 42.5 Å². The molecule has 1 amide bonds. The number of hydrogen-bond acceptors (Lipinski definition) is 5. The number of fused-ring (bicyclic) bond motifs is 1. The number of aromatic nitrogens is 2. The van der Waals surface area contributed by atoms with Gasteiger partial charge in [0, 0.05) is 10.6 Å². The Balaban J connectivity index is 1.70. The van der Waals surface area contributed by atoms with Crippen molar-refractivity contribution in [2.45, 2.75) is 37.2 Å². The van der Waals surface area contributed by atoms with Gasteiger partial charge in [-0.05, 0) is 66.8 Å². The minimum absolute atomic E-state index is 0.0524. The molecule has 1 aromatic heterocycles. The first-order chi connectivity index (χ1) is 17.1. The summed E-state index contributed by atoms with van der Waals surface area (Å²) in [6.07, 6.45) is 2.94. The van der Waals surface area contributed by atoms with E-state index >= 15 is 0 Å². The fourth-order valence-electron chi connectivity index (χ4n) is 4.72. The standard InChI is InChI=1S/C25H22Cl2FN3O4S/c26-16-6-9-21(19(27)11-16)31-24-15(10-14-4-7-17(28)8-5-14)12-36(34,35)13-18(24)23(30-31)25(33)29-20-2-1-3-22(20)32/h4-11,20,22,32H,1-3,12-13H2,(H,29,33)/b15-10+/t20-,22-/m1/s1. The largest absolute Gasteiger partial charge is 0.391 e. The number of nitrogens with zero attached hydrogens (tertiary/aromatic N) is 2. The van der Waals surface area contributed by atoms with E-state index in [2.05, 4.69) is 10.4 Å². The Labute approximate surface area is 217 Å². The summed E-state index contributed by atoms with van der Waals surface area (Å²) in [4.78, 5) is 13.3. The molecule has 2 aliphatic rings. The zero-order valence-corrected chi connectivity index (χ0v) is 21.2. The summed E-state index contributed by atoms with van der Waals surface area (Å²) in [5, 5.41) is 18.2. The number of aliphatic hydroxyl groups excluding tert-OH is 1. The summed E-state index contributed by atoms with van der Waals surface area (Å²) in [6.45, 7) is 0. The maximum atomic E-state index is 13.5. The van der Waals surface area contributed by atoms with E-state index in [9.17, 15) is 22.7 Å². The summed E-state index contributed by atoms with van der Waals surface area (Å²) in [6, 6.07) is 9.99. The summed E-state index contributed by atoms with van der Waals surface area (Å²) in [7, 11) is -3.63. The lowest BCUT2D eigenvalue weighted by atomic mass is 10.0. The second kappa shape index (κ2) is 9.63. The molecule has 36 heavy (non-hydrogen) atoms. The van der Waals surface area contributed by atoms with Gasteiger partial charge in [-0.15, -0.1) is 0 Å². The van der Waals surface area contributed by atoms with E-state index in [1.54, 1.807) is 18.2 Å². The highest BCUT2D eigenvalue weighted by atomic mass is 35.5. The molecule has 1 saturated carbocycles. The summed E-state index contributed by atoms with van der Waals surface area (Å²) < 4.78 is 40.8. The molecule has 2 heterocycles. The first-order valence-electron chi connectivity index (χ1n) is 11.3. The van der Waals surface area contributed by atoms with Gasteiger partial charge in [-0.2, -0.15) is 5.10 Å². The van der Waals surface area contributed by atoms with E-state index in [-0.39, 0.29) is 27.8 Å². The average Bonchev–Trinajstić information content (AvgIpc) is 3.38. The molecular weight excluding hydrogens is 528 g/mol. The molecule has 0 bridgehead atoms. The molecule has 0 unspecified atom stereocenters. The van der Waals surface area contributed by atoms with E-state index in [0.717, 1.165) is 6.42 Å². The third-order valence-corrected chi connectivity index (χ3v) is 8.40. The molecule has 1 aliphatic carbocycles. The lowest BCUT2D eigenvalue weighted by Crippen LogP contribution is -2.40. The number of amides is 1. The molecule has 3 aromatic rings. The predicted molar refractivity (Wildman–Crippen MR) is 136 cm³/mol. The van der Waals surface area contributed by atoms with Crippen LogP contribution in [0.2, 0.25) is 10.0 Å². The summed E-state index contributed by atoms with van der Waals surface area (Å²) >= 11 is 12.6. The molecule has 1 fully saturated rings. The van der Waals surface area contributed by atoms with E-state index < -0.39 is 33.7 Å². The molecule has 1 aliphatic heterocycles. The zero-order chi connectivity index (χ0) is 25.6. The van der Waals surface area contributed by atoms with Gasteiger partial charge in [-0.25, -0.2) is 17.5 Å². The van der Waals surface area contributed by atoms with Gasteiger partial charge in [0.1, 0.15) is 5.82 Å². The van der Waals surface area contributed by atoms with E-state index in [4.69, 9.17) is 23.2 Å². The monoisotopic (exact) mass is 549 g/mol. The number of hydrogen-bond donors (Lipinski definition) is 2. The van der Waals surface area contributed by atoms with Gasteiger partial charge in [-0.3, -0.25) is 4.79 Å². The van der Waals surface area contributed by atoms with E-state index in [1.165, 1.54) is 35.0 Å². The van der Waals surface area contributed by atoms with Crippen LogP contribution in [-0.2, 0) is 15.6 Å². The molecule has 2 atom stereocenters. The fraction of sp³-hybridized carbons (Fsp3) is 0.280. The van der Waals surface area contributed by atoms with Crippen LogP contribution < -0.4 is 5.32 Å². The van der Waals surface area contributed by atoms with Gasteiger partial charge >= 0.3 is 0 Å². The van der Waals surface area contributed by atoms with Crippen molar-refractivity contribution >= 4 is 50.6 Å². The Morgan fingerprint density at radius 2 is 1.89 bits per heavy atom. The summed E-state index contributed by atoms with van der Waals surface area (Å²) in [5.74, 6) is -1.67. The topological polar surface area (TPSA) is 101 Å². The number of benzene rings is 2. The van der Waals surface area contributed by atoms with Crippen molar-refractivity contribution in [3.05, 3.63) is 80.8 Å². The molecule has 7 nitrogen and oxygen atoms in total. The van der Waals surface area contributed by atoms with Crippen LogP contribution >= 0.6 is 23.2 Å². The molecule has 0 saturated heterocycles. The molecule has 2 aromatic carbocycles. The van der Waals surface area contributed by atoms with E-state index in [0.29, 0.717) is 40.4 Å². The van der Waals surface area contributed by atoms with Gasteiger partial charge in [-0.1, -0.05) is 35.3 Å². The summed E-state index contributed by atoms with van der Waals surface area (Å²) in [5.41, 5.74) is 2.01. The molecule has 5 rings (SSSR count). The normalized spacial score (nSPS) is 21.9. The highest BCUT2D eigenvalue weighted by molar-refractivity contribution is 7.91. The predicted octanol–water partition coefficient (Wildman–Crippen LogP) is 4.43. The Morgan fingerprint density at radius 1 is 1.14 bits per heavy atom. The SMILES string of the molecule is O=C(N[C@@H]1CCC[C@H]1O)c1nn(-c2ccc(Cl)cc2Cl)c2c1CS(=O)(=O)C/C2=C\c1ccc(F)cc1. The first kappa shape index (κ1) is 25.0. The van der Waals surface area contributed by atoms with E-state index in [1.807, 2.05) is 0 Å². The highest BCUT2D eigenvalue weighted by Gasteiger charge is 2.36. The second-order valence-electron chi connectivity index (χ2n) is 9.01.